The molecule has 0 aromatic carbocycles. The first-order chi connectivity index (χ1) is 7.58. The molecule has 0 aliphatic carbocycles. The fourth-order valence-corrected chi connectivity index (χ4v) is 2.07. The lowest BCUT2D eigenvalue weighted by atomic mass is 10.2. The molecule has 1 aliphatic rings. The summed E-state index contributed by atoms with van der Waals surface area (Å²) in [4.78, 5) is 13.4. The lowest BCUT2D eigenvalue weighted by molar-refractivity contribution is -0.128. The zero-order valence-corrected chi connectivity index (χ0v) is 10.0. The van der Waals surface area contributed by atoms with Crippen LogP contribution in [0.1, 0.15) is 17.7 Å². The second kappa shape index (κ2) is 4.25. The summed E-state index contributed by atoms with van der Waals surface area (Å²) in [7, 11) is 3.75. The number of nitrogens with one attached hydrogen (secondary N) is 1. The minimum Gasteiger partial charge on any atom is -0.344 e. The van der Waals surface area contributed by atoms with Gasteiger partial charge in [-0.25, -0.2) is 0 Å². The van der Waals surface area contributed by atoms with Gasteiger partial charge in [0.05, 0.1) is 11.7 Å². The molecule has 1 unspecified atom stereocenters. The second-order valence-corrected chi connectivity index (χ2v) is 4.40. The highest BCUT2D eigenvalue weighted by molar-refractivity contribution is 5.83. The molecule has 5 nitrogen and oxygen atoms in total. The van der Waals surface area contributed by atoms with Gasteiger partial charge in [-0.05, 0) is 13.3 Å². The first-order valence-electron chi connectivity index (χ1n) is 5.55. The highest BCUT2D eigenvalue weighted by Crippen LogP contribution is 2.10. The minimum absolute atomic E-state index is 0.0235. The second-order valence-electron chi connectivity index (χ2n) is 4.40. The van der Waals surface area contributed by atoms with Crippen LogP contribution in [0.25, 0.3) is 0 Å². The van der Waals surface area contributed by atoms with E-state index in [0.717, 1.165) is 24.2 Å². The third kappa shape index (κ3) is 2.09. The Balaban J connectivity index is 1.93. The van der Waals surface area contributed by atoms with E-state index < -0.39 is 0 Å². The van der Waals surface area contributed by atoms with Crippen molar-refractivity contribution >= 4 is 5.91 Å². The SMILES string of the molecule is Cc1nn(C)cc1CNC1CCN(C)C1=O. The molecule has 1 aromatic heterocycles. The van der Waals surface area contributed by atoms with E-state index in [2.05, 4.69) is 10.4 Å². The predicted octanol–water partition coefficient (Wildman–Crippen LogP) is 0.0488. The number of likely N-dealkylation sites (N-methyl/N-ethyl adjacent to an activating group) is 1. The Kier molecular flexibility index (Phi) is 2.96. The van der Waals surface area contributed by atoms with Crippen LogP contribution in [-0.4, -0.2) is 40.2 Å². The van der Waals surface area contributed by atoms with Gasteiger partial charge in [-0.1, -0.05) is 0 Å². The Hall–Kier alpha value is -1.36. The van der Waals surface area contributed by atoms with Gasteiger partial charge in [-0.2, -0.15) is 5.10 Å². The Labute approximate surface area is 95.4 Å². The largest absolute Gasteiger partial charge is 0.344 e. The number of aromatic nitrogens is 2. The van der Waals surface area contributed by atoms with Crippen LogP contribution in [0.4, 0.5) is 0 Å². The van der Waals surface area contributed by atoms with Crippen molar-refractivity contribution in [3.63, 3.8) is 0 Å². The van der Waals surface area contributed by atoms with Gasteiger partial charge in [0.2, 0.25) is 5.91 Å². The molecule has 88 valence electrons. The van der Waals surface area contributed by atoms with E-state index in [1.807, 2.05) is 27.2 Å². The van der Waals surface area contributed by atoms with Crippen molar-refractivity contribution in [1.29, 1.82) is 0 Å². The van der Waals surface area contributed by atoms with Crippen molar-refractivity contribution in [3.05, 3.63) is 17.5 Å². The van der Waals surface area contributed by atoms with Gasteiger partial charge in [0, 0.05) is 38.9 Å². The Bertz CT molecular complexity index is 399. The molecule has 1 aromatic rings. The van der Waals surface area contributed by atoms with E-state index in [1.165, 1.54) is 0 Å². The quantitative estimate of drug-likeness (QED) is 0.786. The van der Waals surface area contributed by atoms with Gasteiger partial charge in [0.1, 0.15) is 0 Å². The lowest BCUT2D eigenvalue weighted by Crippen LogP contribution is -2.36. The molecule has 1 amide bonds. The molecule has 5 heteroatoms. The minimum atomic E-state index is -0.0235. The van der Waals surface area contributed by atoms with Gasteiger partial charge < -0.3 is 10.2 Å². The number of aryl methyl sites for hydroxylation is 2. The van der Waals surface area contributed by atoms with Crippen molar-refractivity contribution in [3.8, 4) is 0 Å². The van der Waals surface area contributed by atoms with Crippen molar-refractivity contribution < 1.29 is 4.79 Å². The zero-order valence-electron chi connectivity index (χ0n) is 10.0. The summed E-state index contributed by atoms with van der Waals surface area (Å²) in [5.41, 5.74) is 2.18. The summed E-state index contributed by atoms with van der Waals surface area (Å²) >= 11 is 0. The lowest BCUT2D eigenvalue weighted by Gasteiger charge is -2.11. The number of carbonyl (C=O) groups is 1. The molecular weight excluding hydrogens is 204 g/mol. The van der Waals surface area contributed by atoms with Crippen molar-refractivity contribution in [2.45, 2.75) is 25.9 Å². The van der Waals surface area contributed by atoms with Crippen molar-refractivity contribution in [1.82, 2.24) is 20.0 Å². The van der Waals surface area contributed by atoms with Gasteiger partial charge in [0.15, 0.2) is 0 Å². The maximum absolute atomic E-state index is 11.7. The van der Waals surface area contributed by atoms with Gasteiger partial charge in [-0.15, -0.1) is 0 Å². The average Bonchev–Trinajstić information content (AvgIpc) is 2.70. The van der Waals surface area contributed by atoms with Crippen LogP contribution in [0.2, 0.25) is 0 Å². The molecule has 1 atom stereocenters. The molecule has 0 saturated carbocycles. The van der Waals surface area contributed by atoms with E-state index in [-0.39, 0.29) is 11.9 Å². The molecule has 1 aliphatic heterocycles. The Morgan fingerprint density at radius 1 is 1.56 bits per heavy atom. The Morgan fingerprint density at radius 3 is 2.81 bits per heavy atom. The molecule has 0 spiro atoms. The zero-order chi connectivity index (χ0) is 11.7. The smallest absolute Gasteiger partial charge is 0.239 e. The predicted molar refractivity (Wildman–Crippen MR) is 60.8 cm³/mol. The molecule has 2 rings (SSSR count). The van der Waals surface area contributed by atoms with Gasteiger partial charge in [0.25, 0.3) is 0 Å². The third-order valence-electron chi connectivity index (χ3n) is 3.08. The standard InChI is InChI=1S/C11H18N4O/c1-8-9(7-15(3)13-8)6-12-10-4-5-14(2)11(10)16/h7,10,12H,4-6H2,1-3H3. The number of likely N-dealkylation sites (tertiary alicyclic amines) is 1. The van der Waals surface area contributed by atoms with Crippen LogP contribution in [0.5, 0.6) is 0 Å². The summed E-state index contributed by atoms with van der Waals surface area (Å²) in [6.45, 7) is 3.55. The summed E-state index contributed by atoms with van der Waals surface area (Å²) in [5, 5.41) is 7.56. The van der Waals surface area contributed by atoms with E-state index in [0.29, 0.717) is 6.54 Å². The number of amides is 1. The molecule has 1 saturated heterocycles. The monoisotopic (exact) mass is 222 g/mol. The maximum Gasteiger partial charge on any atom is 0.239 e. The average molecular weight is 222 g/mol. The van der Waals surface area contributed by atoms with Crippen LogP contribution in [0.3, 0.4) is 0 Å². The first kappa shape index (κ1) is 11.1. The molecule has 1 N–H and O–H groups in total. The highest BCUT2D eigenvalue weighted by atomic mass is 16.2. The topological polar surface area (TPSA) is 50.2 Å². The molecular formula is C11H18N4O. The van der Waals surface area contributed by atoms with Crippen LogP contribution in [0.15, 0.2) is 6.20 Å². The van der Waals surface area contributed by atoms with Gasteiger partial charge in [-0.3, -0.25) is 9.48 Å². The molecule has 1 fully saturated rings. The normalized spacial score (nSPS) is 20.8. The third-order valence-corrected chi connectivity index (χ3v) is 3.08. The number of carbonyl (C=O) groups excluding carboxylic acids is 1. The summed E-state index contributed by atoms with van der Waals surface area (Å²) in [6, 6.07) is -0.0235. The van der Waals surface area contributed by atoms with E-state index in [1.54, 1.807) is 9.58 Å². The highest BCUT2D eigenvalue weighted by Gasteiger charge is 2.28. The Morgan fingerprint density at radius 2 is 2.31 bits per heavy atom. The maximum atomic E-state index is 11.7. The van der Waals surface area contributed by atoms with E-state index in [4.69, 9.17) is 0 Å². The van der Waals surface area contributed by atoms with Gasteiger partial charge >= 0.3 is 0 Å². The number of hydrogen-bond acceptors (Lipinski definition) is 3. The fourth-order valence-electron chi connectivity index (χ4n) is 2.07. The van der Waals surface area contributed by atoms with Crippen molar-refractivity contribution in [2.24, 2.45) is 7.05 Å². The first-order valence-corrected chi connectivity index (χ1v) is 5.55. The van der Waals surface area contributed by atoms with E-state index >= 15 is 0 Å². The fraction of sp³-hybridized carbons (Fsp3) is 0.636. The van der Waals surface area contributed by atoms with E-state index in [9.17, 15) is 4.79 Å². The molecule has 16 heavy (non-hydrogen) atoms. The van der Waals surface area contributed by atoms with Crippen LogP contribution >= 0.6 is 0 Å². The van der Waals surface area contributed by atoms with Crippen LogP contribution in [-0.2, 0) is 18.4 Å². The van der Waals surface area contributed by atoms with Crippen molar-refractivity contribution in [2.75, 3.05) is 13.6 Å². The van der Waals surface area contributed by atoms with Crippen LogP contribution in [0, 0.1) is 6.92 Å². The molecule has 0 bridgehead atoms. The summed E-state index contributed by atoms with van der Waals surface area (Å²) < 4.78 is 1.80. The summed E-state index contributed by atoms with van der Waals surface area (Å²) in [6.07, 6.45) is 2.89. The number of hydrogen-bond donors (Lipinski definition) is 1. The molecule has 2 heterocycles. The molecule has 0 radical (unpaired) electrons. The van der Waals surface area contributed by atoms with Crippen LogP contribution < -0.4 is 5.32 Å². The summed E-state index contributed by atoms with van der Waals surface area (Å²) in [5.74, 6) is 0.196. The number of nitrogens with zero attached hydrogens (tertiary/aromatic N) is 3. The number of rotatable bonds is 3.